The van der Waals surface area contributed by atoms with Crippen LogP contribution in [0.5, 0.6) is 0 Å². The summed E-state index contributed by atoms with van der Waals surface area (Å²) in [6.45, 7) is 0. The van der Waals surface area contributed by atoms with Crippen molar-refractivity contribution in [3.63, 3.8) is 0 Å². The van der Waals surface area contributed by atoms with Crippen molar-refractivity contribution in [3.05, 3.63) is 47.4 Å². The molecule has 0 heterocycles. The van der Waals surface area contributed by atoms with Crippen LogP contribution in [0.25, 0.3) is 5.57 Å². The summed E-state index contributed by atoms with van der Waals surface area (Å²) < 4.78 is 0. The van der Waals surface area contributed by atoms with Gasteiger partial charge in [-0.1, -0.05) is 42.7 Å². The van der Waals surface area contributed by atoms with Gasteiger partial charge in [0.25, 0.3) is 0 Å². The fourth-order valence-corrected chi connectivity index (χ4v) is 2.50. The van der Waals surface area contributed by atoms with Gasteiger partial charge in [0.15, 0.2) is 0 Å². The number of fused-ring (bicyclic) bond motifs is 2. The predicted molar refractivity (Wildman–Crippen MR) is 73.0 cm³/mol. The number of benzene rings is 1. The van der Waals surface area contributed by atoms with Gasteiger partial charge in [0.2, 0.25) is 0 Å². The number of allylic oxidation sites excluding steroid dienone is 2. The molecular weight excluding hydrogens is 288 g/mol. The Morgan fingerprint density at radius 1 is 0.950 bits per heavy atom. The second-order valence-corrected chi connectivity index (χ2v) is 3.93. The molecule has 2 aliphatic rings. The van der Waals surface area contributed by atoms with E-state index in [4.69, 9.17) is 15.3 Å². The van der Waals surface area contributed by atoms with Crippen molar-refractivity contribution in [3.8, 4) is 0 Å². The molecule has 0 aliphatic heterocycles. The molecule has 0 unspecified atom stereocenters. The second-order valence-electron chi connectivity index (χ2n) is 3.93. The molecular formula is C16H22O3Ti. The summed E-state index contributed by atoms with van der Waals surface area (Å²) >= 11 is 0. The zero-order valence-corrected chi connectivity index (χ0v) is 14.0. The Balaban J connectivity index is 0. The molecule has 0 N–H and O–H groups in total. The van der Waals surface area contributed by atoms with Gasteiger partial charge in [0.05, 0.1) is 0 Å². The van der Waals surface area contributed by atoms with Gasteiger partial charge in [-0.15, -0.1) is 12.0 Å². The van der Waals surface area contributed by atoms with Gasteiger partial charge in [-0.25, -0.2) is 12.0 Å². The largest absolute Gasteiger partial charge is 4.00 e. The average Bonchev–Trinajstić information content (AvgIpc) is 2.92. The number of rotatable bonds is 0. The summed E-state index contributed by atoms with van der Waals surface area (Å²) in [5, 5.41) is 24.8. The van der Waals surface area contributed by atoms with Crippen LogP contribution >= 0.6 is 0 Å². The van der Waals surface area contributed by atoms with Crippen LogP contribution < -0.4 is 15.3 Å². The minimum atomic E-state index is 0. The van der Waals surface area contributed by atoms with Crippen LogP contribution in [0.1, 0.15) is 30.4 Å². The molecule has 3 rings (SSSR count). The molecule has 0 saturated carbocycles. The van der Waals surface area contributed by atoms with Crippen molar-refractivity contribution in [1.82, 2.24) is 0 Å². The molecule has 0 fully saturated rings. The van der Waals surface area contributed by atoms with E-state index in [0.717, 1.165) is 21.3 Å². The van der Waals surface area contributed by atoms with Crippen LogP contribution in [0.3, 0.4) is 0 Å². The SMILES string of the molecule is C[O-].C[O-].C[O-].[Ti+4].c1ccc2c(c1)CC1=C2CCC[CH-]1. The molecule has 0 atom stereocenters. The molecule has 0 saturated heterocycles. The van der Waals surface area contributed by atoms with Crippen LogP contribution in [-0.4, -0.2) is 21.3 Å². The van der Waals surface area contributed by atoms with Crippen LogP contribution in [0.2, 0.25) is 0 Å². The minimum absolute atomic E-state index is 0. The fraction of sp³-hybridized carbons (Fsp3) is 0.438. The van der Waals surface area contributed by atoms with E-state index in [1.54, 1.807) is 11.1 Å². The van der Waals surface area contributed by atoms with Crippen molar-refractivity contribution >= 4 is 5.57 Å². The van der Waals surface area contributed by atoms with E-state index in [2.05, 4.69) is 30.7 Å². The normalized spacial score (nSPS) is 13.5. The summed E-state index contributed by atoms with van der Waals surface area (Å²) in [7, 11) is 2.25. The maximum atomic E-state index is 8.25. The van der Waals surface area contributed by atoms with Gasteiger partial charge in [0, 0.05) is 0 Å². The van der Waals surface area contributed by atoms with E-state index < -0.39 is 0 Å². The zero-order valence-electron chi connectivity index (χ0n) is 12.4. The minimum Gasteiger partial charge on any atom is -0.857 e. The van der Waals surface area contributed by atoms with Crippen molar-refractivity contribution in [2.45, 2.75) is 25.7 Å². The van der Waals surface area contributed by atoms with Crippen molar-refractivity contribution in [1.29, 1.82) is 0 Å². The summed E-state index contributed by atoms with van der Waals surface area (Å²) in [4.78, 5) is 0. The fourth-order valence-electron chi connectivity index (χ4n) is 2.50. The first kappa shape index (κ1) is 21.7. The molecule has 0 aromatic heterocycles. The third-order valence-corrected chi connectivity index (χ3v) is 3.13. The summed E-state index contributed by atoms with van der Waals surface area (Å²) in [5.41, 5.74) is 6.29. The van der Waals surface area contributed by atoms with E-state index in [0.29, 0.717) is 0 Å². The molecule has 3 nitrogen and oxygen atoms in total. The van der Waals surface area contributed by atoms with E-state index >= 15 is 0 Å². The Bertz CT molecular complexity index is 389. The molecule has 1 aromatic rings. The van der Waals surface area contributed by atoms with Gasteiger partial charge in [0.1, 0.15) is 0 Å². The Morgan fingerprint density at radius 2 is 1.55 bits per heavy atom. The topological polar surface area (TPSA) is 69.2 Å². The maximum Gasteiger partial charge on any atom is 4.00 e. The Labute approximate surface area is 137 Å². The maximum absolute atomic E-state index is 8.25. The third-order valence-electron chi connectivity index (χ3n) is 3.13. The third kappa shape index (κ3) is 5.43. The standard InChI is InChI=1S/C13H13.3CH3O.Ti/c1-3-7-12-10(5-1)9-11-6-2-4-8-13(11)12;3*1-2;/h1,3,5-7H,2,4,8-9H2;3*1H3;/q4*-1;+4. The molecule has 0 radical (unpaired) electrons. The van der Waals surface area contributed by atoms with Crippen LogP contribution in [0, 0.1) is 6.42 Å². The molecule has 4 heteroatoms. The quantitative estimate of drug-likeness (QED) is 0.511. The number of hydrogen-bond donors (Lipinski definition) is 0. The van der Waals surface area contributed by atoms with Gasteiger partial charge in [-0.2, -0.15) is 26.9 Å². The smallest absolute Gasteiger partial charge is 0.857 e. The molecule has 20 heavy (non-hydrogen) atoms. The van der Waals surface area contributed by atoms with Gasteiger partial charge >= 0.3 is 21.7 Å². The Hall–Kier alpha value is -0.576. The van der Waals surface area contributed by atoms with Crippen molar-refractivity contribution in [2.24, 2.45) is 0 Å². The van der Waals surface area contributed by atoms with E-state index in [-0.39, 0.29) is 21.7 Å². The van der Waals surface area contributed by atoms with Crippen molar-refractivity contribution < 1.29 is 37.0 Å². The van der Waals surface area contributed by atoms with E-state index in [1.807, 2.05) is 0 Å². The summed E-state index contributed by atoms with van der Waals surface area (Å²) in [6, 6.07) is 8.85. The van der Waals surface area contributed by atoms with Gasteiger partial charge in [-0.05, 0) is 6.42 Å². The van der Waals surface area contributed by atoms with E-state index in [1.165, 1.54) is 36.8 Å². The van der Waals surface area contributed by atoms with Crippen LogP contribution in [0.15, 0.2) is 29.8 Å². The first-order chi connectivity index (χ1) is 9.45. The zero-order chi connectivity index (χ0) is 14.7. The Kier molecular flexibility index (Phi) is 14.6. The monoisotopic (exact) mass is 310 g/mol. The molecule has 0 bridgehead atoms. The van der Waals surface area contributed by atoms with Gasteiger partial charge in [-0.3, -0.25) is 0 Å². The summed E-state index contributed by atoms with van der Waals surface area (Å²) in [5.74, 6) is 0. The van der Waals surface area contributed by atoms with Gasteiger partial charge < -0.3 is 15.3 Å². The molecule has 0 amide bonds. The molecule has 2 aliphatic carbocycles. The molecule has 0 spiro atoms. The summed E-state index contributed by atoms with van der Waals surface area (Å²) in [6.07, 6.45) is 7.53. The molecule has 1 aromatic carbocycles. The number of hydrogen-bond acceptors (Lipinski definition) is 3. The second kappa shape index (κ2) is 13.4. The van der Waals surface area contributed by atoms with Crippen LogP contribution in [0.4, 0.5) is 0 Å². The Morgan fingerprint density at radius 3 is 2.20 bits per heavy atom. The molecule has 108 valence electrons. The predicted octanol–water partition coefficient (Wildman–Crippen LogP) is 0.311. The van der Waals surface area contributed by atoms with Crippen LogP contribution in [-0.2, 0) is 28.1 Å². The first-order valence-electron chi connectivity index (χ1n) is 6.31. The van der Waals surface area contributed by atoms with E-state index in [9.17, 15) is 0 Å². The average molecular weight is 310 g/mol. The first-order valence-corrected chi connectivity index (χ1v) is 6.31. The van der Waals surface area contributed by atoms with Crippen molar-refractivity contribution in [2.75, 3.05) is 21.3 Å².